The highest BCUT2D eigenvalue weighted by Crippen LogP contribution is 2.47. The van der Waals surface area contributed by atoms with Gasteiger partial charge in [-0.25, -0.2) is 0 Å². The first-order chi connectivity index (χ1) is 20.2. The van der Waals surface area contributed by atoms with Crippen LogP contribution in [0.25, 0.3) is 0 Å². The van der Waals surface area contributed by atoms with Gasteiger partial charge in [-0.05, 0) is 76.9 Å². The van der Waals surface area contributed by atoms with Crippen molar-refractivity contribution < 1.29 is 20.4 Å². The predicted molar refractivity (Wildman–Crippen MR) is 186 cm³/mol. The molecule has 0 heterocycles. The van der Waals surface area contributed by atoms with Gasteiger partial charge >= 0.3 is 0 Å². The van der Waals surface area contributed by atoms with Gasteiger partial charge in [0.1, 0.15) is 0 Å². The molecule has 242 valence electrons. The lowest BCUT2D eigenvalue weighted by molar-refractivity contribution is -0.111. The zero-order chi connectivity index (χ0) is 33.3. The molecule has 2 aliphatic rings. The van der Waals surface area contributed by atoms with Crippen LogP contribution in [-0.2, 0) is 0 Å². The average molecular weight is 603 g/mol. The van der Waals surface area contributed by atoms with Crippen molar-refractivity contribution in [2.75, 3.05) is 0 Å². The number of allylic oxidation sites excluding steroid dienone is 15. The fourth-order valence-corrected chi connectivity index (χ4v) is 6.89. The Balaban J connectivity index is 1.95. The topological polar surface area (TPSA) is 80.9 Å². The minimum Gasteiger partial charge on any atom is -0.393 e. The van der Waals surface area contributed by atoms with Gasteiger partial charge in [0.2, 0.25) is 0 Å². The Morgan fingerprint density at radius 2 is 1.11 bits per heavy atom. The van der Waals surface area contributed by atoms with Gasteiger partial charge in [-0.2, -0.15) is 0 Å². The number of aliphatic hydroxyl groups excluding tert-OH is 2. The first-order valence-corrected chi connectivity index (χ1v) is 15.9. The minimum absolute atomic E-state index is 0.0208. The van der Waals surface area contributed by atoms with Crippen LogP contribution < -0.4 is 0 Å². The van der Waals surface area contributed by atoms with E-state index in [1.54, 1.807) is 6.92 Å². The Labute approximate surface area is 267 Å². The highest BCUT2D eigenvalue weighted by atomic mass is 16.3. The fourth-order valence-electron chi connectivity index (χ4n) is 6.89. The van der Waals surface area contributed by atoms with Crippen LogP contribution in [0.1, 0.15) is 94.9 Å². The summed E-state index contributed by atoms with van der Waals surface area (Å²) in [6.07, 6.45) is 27.6. The standard InChI is InChI=1S/C40H58O4/c1-29(17-13-19-31(3)21-23-35-37(5,6)25-33(41)27-39(35,9)43)15-11-12-16-30(2)18-14-20-32(4)22-24-36-38(7,8)26-34(42)28-40(36,10)44/h11-23,33-35,41-44H,25-28H2,1-10H3/b12-11+,17-13+,18-14+,23-21+,29-15+,30-16+,31-19+,32-20+/t24?,33-,34-,35+,39+,40+/m0/s1. The van der Waals surface area contributed by atoms with Crippen molar-refractivity contribution in [3.63, 3.8) is 0 Å². The van der Waals surface area contributed by atoms with Crippen LogP contribution in [-0.4, -0.2) is 43.8 Å². The van der Waals surface area contributed by atoms with E-state index in [2.05, 4.69) is 82.9 Å². The fraction of sp³-hybridized carbons (Fsp3) is 0.525. The molecule has 5 atom stereocenters. The summed E-state index contributed by atoms with van der Waals surface area (Å²) in [6, 6.07) is 0. The van der Waals surface area contributed by atoms with Gasteiger partial charge in [0, 0.05) is 24.3 Å². The van der Waals surface area contributed by atoms with E-state index in [0.717, 1.165) is 27.9 Å². The molecular formula is C40H58O4. The molecule has 0 spiro atoms. The van der Waals surface area contributed by atoms with E-state index < -0.39 is 23.4 Å². The third-order valence-corrected chi connectivity index (χ3v) is 8.78. The zero-order valence-electron chi connectivity index (χ0n) is 28.9. The molecule has 4 nitrogen and oxygen atoms in total. The molecular weight excluding hydrogens is 544 g/mol. The molecule has 0 radical (unpaired) electrons. The number of rotatable bonds is 9. The molecule has 2 fully saturated rings. The summed E-state index contributed by atoms with van der Waals surface area (Å²) in [6.45, 7) is 20.1. The van der Waals surface area contributed by atoms with Crippen molar-refractivity contribution >= 4 is 0 Å². The first kappa shape index (κ1) is 37.5. The van der Waals surface area contributed by atoms with Gasteiger partial charge in [-0.15, -0.1) is 5.73 Å². The van der Waals surface area contributed by atoms with E-state index in [1.165, 1.54) is 0 Å². The van der Waals surface area contributed by atoms with Crippen molar-refractivity contribution in [1.29, 1.82) is 0 Å². The maximum atomic E-state index is 10.9. The van der Waals surface area contributed by atoms with Gasteiger partial charge in [-0.3, -0.25) is 0 Å². The summed E-state index contributed by atoms with van der Waals surface area (Å²) in [5, 5.41) is 42.0. The lowest BCUT2D eigenvalue weighted by Gasteiger charge is -2.48. The molecule has 2 rings (SSSR count). The highest BCUT2D eigenvalue weighted by molar-refractivity contribution is 5.33. The molecule has 0 aromatic rings. The first-order valence-electron chi connectivity index (χ1n) is 15.9. The molecule has 4 N–H and O–H groups in total. The highest BCUT2D eigenvalue weighted by Gasteiger charge is 2.47. The van der Waals surface area contributed by atoms with Crippen LogP contribution in [0.3, 0.4) is 0 Å². The van der Waals surface area contributed by atoms with Crippen molar-refractivity contribution in [2.24, 2.45) is 16.7 Å². The van der Waals surface area contributed by atoms with Crippen LogP contribution in [0.15, 0.2) is 113 Å². The lowest BCUT2D eigenvalue weighted by atomic mass is 9.61. The van der Waals surface area contributed by atoms with Gasteiger partial charge in [0.05, 0.1) is 23.4 Å². The van der Waals surface area contributed by atoms with Crippen LogP contribution in [0.4, 0.5) is 0 Å². The van der Waals surface area contributed by atoms with Crippen LogP contribution in [0.2, 0.25) is 0 Å². The molecule has 0 aromatic heterocycles. The van der Waals surface area contributed by atoms with Gasteiger partial charge in [0.25, 0.3) is 0 Å². The average Bonchev–Trinajstić information content (AvgIpc) is 2.83. The molecule has 0 bridgehead atoms. The lowest BCUT2D eigenvalue weighted by Crippen LogP contribution is -2.50. The molecule has 0 unspecified atom stereocenters. The molecule has 0 aromatic carbocycles. The minimum atomic E-state index is -1.06. The molecule has 0 amide bonds. The summed E-state index contributed by atoms with van der Waals surface area (Å²) in [5.74, 6) is -0.0208. The summed E-state index contributed by atoms with van der Waals surface area (Å²) in [7, 11) is 0. The van der Waals surface area contributed by atoms with E-state index in [-0.39, 0.29) is 16.7 Å². The van der Waals surface area contributed by atoms with Crippen molar-refractivity contribution in [3.8, 4) is 0 Å². The number of aliphatic hydroxyl groups is 4. The van der Waals surface area contributed by atoms with E-state index in [4.69, 9.17) is 0 Å². The number of hydrogen-bond donors (Lipinski definition) is 4. The maximum absolute atomic E-state index is 10.9. The zero-order valence-corrected chi connectivity index (χ0v) is 28.9. The van der Waals surface area contributed by atoms with Crippen LogP contribution in [0, 0.1) is 16.7 Å². The largest absolute Gasteiger partial charge is 0.393 e. The Bertz CT molecular complexity index is 1270. The quantitative estimate of drug-likeness (QED) is 0.157. The Morgan fingerprint density at radius 1 is 0.636 bits per heavy atom. The Hall–Kier alpha value is -2.72. The van der Waals surface area contributed by atoms with Gasteiger partial charge in [0.15, 0.2) is 0 Å². The summed E-state index contributed by atoms with van der Waals surface area (Å²) in [5.41, 5.74) is 6.10. The number of hydrogen-bond acceptors (Lipinski definition) is 4. The summed E-state index contributed by atoms with van der Waals surface area (Å²) in [4.78, 5) is 0. The third kappa shape index (κ3) is 11.7. The third-order valence-electron chi connectivity index (χ3n) is 8.78. The van der Waals surface area contributed by atoms with Crippen LogP contribution in [0.5, 0.6) is 0 Å². The molecule has 2 aliphatic carbocycles. The summed E-state index contributed by atoms with van der Waals surface area (Å²) >= 11 is 0. The van der Waals surface area contributed by atoms with Crippen molar-refractivity contribution in [2.45, 2.75) is 118 Å². The van der Waals surface area contributed by atoms with Gasteiger partial charge < -0.3 is 20.4 Å². The Morgan fingerprint density at radius 3 is 1.64 bits per heavy atom. The van der Waals surface area contributed by atoms with E-state index in [0.29, 0.717) is 25.7 Å². The second-order valence-corrected chi connectivity index (χ2v) is 14.9. The Kier molecular flexibility index (Phi) is 13.2. The predicted octanol–water partition coefficient (Wildman–Crippen LogP) is 8.56. The molecule has 44 heavy (non-hydrogen) atoms. The van der Waals surface area contributed by atoms with E-state index in [1.807, 2.05) is 64.2 Å². The smallest absolute Gasteiger partial charge is 0.0931 e. The normalized spacial score (nSPS) is 32.3. The molecule has 0 aliphatic heterocycles. The van der Waals surface area contributed by atoms with E-state index >= 15 is 0 Å². The van der Waals surface area contributed by atoms with Crippen LogP contribution >= 0.6 is 0 Å². The maximum Gasteiger partial charge on any atom is 0.0931 e. The molecule has 2 saturated carbocycles. The molecule has 0 saturated heterocycles. The van der Waals surface area contributed by atoms with Gasteiger partial charge in [-0.1, -0.05) is 117 Å². The van der Waals surface area contributed by atoms with Crippen molar-refractivity contribution in [1.82, 2.24) is 0 Å². The molecule has 4 heteroatoms. The second-order valence-electron chi connectivity index (χ2n) is 14.9. The SMILES string of the molecule is C\C(C=C=C1C(C)(C)C[C@H](O)C[C@@]1(C)O)=C/C=C/C(C)=C/C=C/C=C(C)/C=C/C=C(C)/C=C/[C@@H]1C(C)(C)C[C@H](O)C[C@@]1(C)O. The monoisotopic (exact) mass is 602 g/mol. The van der Waals surface area contributed by atoms with E-state index in [9.17, 15) is 20.4 Å². The van der Waals surface area contributed by atoms with Crippen molar-refractivity contribution in [3.05, 3.63) is 113 Å². The summed E-state index contributed by atoms with van der Waals surface area (Å²) < 4.78 is 0. The second kappa shape index (κ2) is 15.5.